The molecule has 0 spiro atoms. The van der Waals surface area contributed by atoms with E-state index in [-0.39, 0.29) is 0 Å². The maximum Gasteiger partial charge on any atom is 0.225 e. The molecule has 0 aliphatic carbocycles. The van der Waals surface area contributed by atoms with Crippen LogP contribution in [0.3, 0.4) is 0 Å². The van der Waals surface area contributed by atoms with Crippen molar-refractivity contribution in [1.29, 1.82) is 0 Å². The van der Waals surface area contributed by atoms with Gasteiger partial charge in [0.1, 0.15) is 11.6 Å². The highest BCUT2D eigenvalue weighted by molar-refractivity contribution is 5.64. The Hall–Kier alpha value is -2.86. The molecule has 1 aromatic carbocycles. The van der Waals surface area contributed by atoms with E-state index in [0.29, 0.717) is 12.5 Å². The topological polar surface area (TPSA) is 66.2 Å². The van der Waals surface area contributed by atoms with Gasteiger partial charge < -0.3 is 20.0 Å². The van der Waals surface area contributed by atoms with Crippen molar-refractivity contribution in [2.75, 3.05) is 37.8 Å². The van der Waals surface area contributed by atoms with Crippen molar-refractivity contribution in [2.24, 2.45) is 0 Å². The Morgan fingerprint density at radius 1 is 1.00 bits per heavy atom. The molecule has 0 saturated heterocycles. The highest BCUT2D eigenvalue weighted by Crippen LogP contribution is 2.21. The molecule has 0 radical (unpaired) electrons. The van der Waals surface area contributed by atoms with E-state index in [1.54, 1.807) is 6.26 Å². The largest absolute Gasteiger partial charge is 0.467 e. The SMILES string of the molecule is CN(C)CCCNc1cc(-c2ccccc2)nc(NCc2ccco2)n1. The Morgan fingerprint density at radius 2 is 1.85 bits per heavy atom. The first-order chi connectivity index (χ1) is 12.7. The maximum absolute atomic E-state index is 5.36. The van der Waals surface area contributed by atoms with Crippen LogP contribution in [0.25, 0.3) is 11.3 Å². The van der Waals surface area contributed by atoms with Gasteiger partial charge in [-0.25, -0.2) is 4.98 Å². The van der Waals surface area contributed by atoms with Crippen LogP contribution >= 0.6 is 0 Å². The van der Waals surface area contributed by atoms with Crippen LogP contribution in [0, 0.1) is 0 Å². The Balaban J connectivity index is 1.75. The van der Waals surface area contributed by atoms with Crippen LogP contribution in [0.4, 0.5) is 11.8 Å². The van der Waals surface area contributed by atoms with Crippen molar-refractivity contribution in [3.05, 3.63) is 60.6 Å². The summed E-state index contributed by atoms with van der Waals surface area (Å²) >= 11 is 0. The summed E-state index contributed by atoms with van der Waals surface area (Å²) in [6.07, 6.45) is 2.71. The van der Waals surface area contributed by atoms with Crippen molar-refractivity contribution in [3.63, 3.8) is 0 Å². The molecule has 3 aromatic rings. The summed E-state index contributed by atoms with van der Waals surface area (Å²) in [6, 6.07) is 15.9. The van der Waals surface area contributed by atoms with Gasteiger partial charge in [0, 0.05) is 18.2 Å². The maximum atomic E-state index is 5.36. The lowest BCUT2D eigenvalue weighted by Gasteiger charge is -2.12. The fraction of sp³-hybridized carbons (Fsp3) is 0.300. The lowest BCUT2D eigenvalue weighted by Crippen LogP contribution is -2.17. The van der Waals surface area contributed by atoms with Gasteiger partial charge in [0.05, 0.1) is 18.5 Å². The van der Waals surface area contributed by atoms with Gasteiger partial charge in [0.15, 0.2) is 0 Å². The lowest BCUT2D eigenvalue weighted by atomic mass is 10.1. The molecule has 0 fully saturated rings. The van der Waals surface area contributed by atoms with Crippen molar-refractivity contribution in [2.45, 2.75) is 13.0 Å². The highest BCUT2D eigenvalue weighted by Gasteiger charge is 2.07. The minimum atomic E-state index is 0.547. The molecule has 3 rings (SSSR count). The number of hydrogen-bond donors (Lipinski definition) is 2. The molecule has 0 saturated carbocycles. The number of hydrogen-bond acceptors (Lipinski definition) is 6. The number of furan rings is 1. The molecule has 6 heteroatoms. The third kappa shape index (κ3) is 5.32. The second-order valence-corrected chi connectivity index (χ2v) is 6.34. The normalized spacial score (nSPS) is 10.9. The second-order valence-electron chi connectivity index (χ2n) is 6.34. The number of nitrogens with zero attached hydrogens (tertiary/aromatic N) is 3. The Morgan fingerprint density at radius 3 is 2.58 bits per heavy atom. The molecule has 6 nitrogen and oxygen atoms in total. The van der Waals surface area contributed by atoms with Gasteiger partial charge in [0.25, 0.3) is 0 Å². The van der Waals surface area contributed by atoms with Crippen molar-refractivity contribution >= 4 is 11.8 Å². The van der Waals surface area contributed by atoms with Crippen LogP contribution in [0.5, 0.6) is 0 Å². The van der Waals surface area contributed by atoms with E-state index in [1.165, 1.54) is 0 Å². The summed E-state index contributed by atoms with van der Waals surface area (Å²) in [6.45, 7) is 2.44. The Labute approximate surface area is 154 Å². The van der Waals surface area contributed by atoms with Crippen LogP contribution in [0.2, 0.25) is 0 Å². The van der Waals surface area contributed by atoms with Crippen LogP contribution in [-0.2, 0) is 6.54 Å². The van der Waals surface area contributed by atoms with E-state index in [0.717, 1.165) is 42.3 Å². The zero-order valence-electron chi connectivity index (χ0n) is 15.3. The molecular formula is C20H25N5O. The number of nitrogens with one attached hydrogen (secondary N) is 2. The van der Waals surface area contributed by atoms with E-state index in [1.807, 2.05) is 36.4 Å². The summed E-state index contributed by atoms with van der Waals surface area (Å²) in [5, 5.41) is 6.64. The fourth-order valence-corrected chi connectivity index (χ4v) is 2.56. The molecule has 0 amide bonds. The average Bonchev–Trinajstić information content (AvgIpc) is 3.18. The fourth-order valence-electron chi connectivity index (χ4n) is 2.56. The molecule has 0 unspecified atom stereocenters. The monoisotopic (exact) mass is 351 g/mol. The molecule has 2 aromatic heterocycles. The molecule has 0 bridgehead atoms. The van der Waals surface area contributed by atoms with E-state index >= 15 is 0 Å². The Kier molecular flexibility index (Phi) is 6.22. The molecule has 2 heterocycles. The van der Waals surface area contributed by atoms with Crippen LogP contribution in [0.15, 0.2) is 59.2 Å². The summed E-state index contributed by atoms with van der Waals surface area (Å²) in [5.41, 5.74) is 1.95. The lowest BCUT2D eigenvalue weighted by molar-refractivity contribution is 0.405. The zero-order chi connectivity index (χ0) is 18.2. The predicted octanol–water partition coefficient (Wildman–Crippen LogP) is 3.71. The van der Waals surface area contributed by atoms with Gasteiger partial charge >= 0.3 is 0 Å². The smallest absolute Gasteiger partial charge is 0.225 e. The summed E-state index contributed by atoms with van der Waals surface area (Å²) in [5.74, 6) is 2.25. The third-order valence-corrected chi connectivity index (χ3v) is 3.88. The van der Waals surface area contributed by atoms with Gasteiger partial charge in [-0.2, -0.15) is 4.98 Å². The van der Waals surface area contributed by atoms with Crippen molar-refractivity contribution in [1.82, 2.24) is 14.9 Å². The first-order valence-electron chi connectivity index (χ1n) is 8.80. The average molecular weight is 351 g/mol. The third-order valence-electron chi connectivity index (χ3n) is 3.88. The standard InChI is InChI=1S/C20H25N5O/c1-25(2)12-7-11-21-19-14-18(16-8-4-3-5-9-16)23-20(24-19)22-15-17-10-6-13-26-17/h3-6,8-10,13-14H,7,11-12,15H2,1-2H3,(H2,21,22,23,24). The Bertz CT molecular complexity index is 787. The number of rotatable bonds is 9. The van der Waals surface area contributed by atoms with Crippen LogP contribution in [-0.4, -0.2) is 42.1 Å². The van der Waals surface area contributed by atoms with Gasteiger partial charge in [0.2, 0.25) is 5.95 Å². The molecule has 26 heavy (non-hydrogen) atoms. The van der Waals surface area contributed by atoms with Crippen molar-refractivity contribution < 1.29 is 4.42 Å². The summed E-state index contributed by atoms with van der Waals surface area (Å²) in [7, 11) is 4.16. The van der Waals surface area contributed by atoms with Crippen LogP contribution in [0.1, 0.15) is 12.2 Å². The molecule has 2 N–H and O–H groups in total. The number of aromatic nitrogens is 2. The number of anilines is 2. The van der Waals surface area contributed by atoms with E-state index in [9.17, 15) is 0 Å². The first kappa shape index (κ1) is 17.9. The molecule has 136 valence electrons. The van der Waals surface area contributed by atoms with Crippen molar-refractivity contribution in [3.8, 4) is 11.3 Å². The van der Waals surface area contributed by atoms with Gasteiger partial charge in [-0.3, -0.25) is 0 Å². The minimum absolute atomic E-state index is 0.547. The minimum Gasteiger partial charge on any atom is -0.467 e. The van der Waals surface area contributed by atoms with Gasteiger partial charge in [-0.05, 0) is 39.2 Å². The highest BCUT2D eigenvalue weighted by atomic mass is 16.3. The molecule has 0 aliphatic heterocycles. The molecule has 0 atom stereocenters. The molecule has 0 aliphatic rings. The van der Waals surface area contributed by atoms with E-state index in [4.69, 9.17) is 4.42 Å². The molecular weight excluding hydrogens is 326 g/mol. The summed E-state index contributed by atoms with van der Waals surface area (Å²) in [4.78, 5) is 11.4. The summed E-state index contributed by atoms with van der Waals surface area (Å²) < 4.78 is 5.36. The second kappa shape index (κ2) is 9.01. The van der Waals surface area contributed by atoms with E-state index < -0.39 is 0 Å². The quantitative estimate of drug-likeness (QED) is 0.573. The van der Waals surface area contributed by atoms with Gasteiger partial charge in [-0.15, -0.1) is 0 Å². The first-order valence-corrected chi connectivity index (χ1v) is 8.80. The van der Waals surface area contributed by atoms with Crippen LogP contribution < -0.4 is 10.6 Å². The predicted molar refractivity (Wildman–Crippen MR) is 105 cm³/mol. The van der Waals surface area contributed by atoms with Gasteiger partial charge in [-0.1, -0.05) is 30.3 Å². The number of benzene rings is 1. The zero-order valence-corrected chi connectivity index (χ0v) is 15.3. The van der Waals surface area contributed by atoms with E-state index in [2.05, 4.69) is 51.7 Å².